The van der Waals surface area contributed by atoms with Gasteiger partial charge in [-0.15, -0.1) is 0 Å². The van der Waals surface area contributed by atoms with Gasteiger partial charge in [0, 0.05) is 28.1 Å². The van der Waals surface area contributed by atoms with E-state index in [1.807, 2.05) is 42.5 Å². The highest BCUT2D eigenvalue weighted by molar-refractivity contribution is 6.35. The lowest BCUT2D eigenvalue weighted by Gasteiger charge is -2.36. The van der Waals surface area contributed by atoms with Crippen LogP contribution in [-0.2, 0) is 16.1 Å². The predicted octanol–water partition coefficient (Wildman–Crippen LogP) is 4.19. The summed E-state index contributed by atoms with van der Waals surface area (Å²) in [5, 5.41) is 4.16. The van der Waals surface area contributed by atoms with Crippen LogP contribution in [0.2, 0.25) is 10.0 Å². The van der Waals surface area contributed by atoms with E-state index in [0.717, 1.165) is 37.2 Å². The molecule has 28 heavy (non-hydrogen) atoms. The van der Waals surface area contributed by atoms with E-state index in [0.29, 0.717) is 22.3 Å². The van der Waals surface area contributed by atoms with Crippen molar-refractivity contribution in [1.29, 1.82) is 0 Å². The summed E-state index contributed by atoms with van der Waals surface area (Å²) in [5.74, 6) is -0.215. The first kappa shape index (κ1) is 19.2. The van der Waals surface area contributed by atoms with Crippen molar-refractivity contribution in [2.75, 3.05) is 29.9 Å². The van der Waals surface area contributed by atoms with Crippen LogP contribution in [0.1, 0.15) is 18.4 Å². The van der Waals surface area contributed by atoms with Crippen LogP contribution in [-0.4, -0.2) is 36.3 Å². The summed E-state index contributed by atoms with van der Waals surface area (Å²) in [6.07, 6.45) is 1.50. The molecule has 1 N–H and O–H groups in total. The van der Waals surface area contributed by atoms with Crippen molar-refractivity contribution in [3.63, 3.8) is 0 Å². The van der Waals surface area contributed by atoms with Crippen LogP contribution < -0.4 is 10.2 Å². The van der Waals surface area contributed by atoms with Crippen molar-refractivity contribution < 1.29 is 9.59 Å². The standard InChI is InChI=1S/C21H21Cl2N3O2/c22-16-4-3-5-17(23)15(16)12-25-10-8-14(9-11-25)21(28)26-13-20(27)24-18-6-1-2-7-19(18)26/h1-7,14H,8-13H2,(H,24,27). The van der Waals surface area contributed by atoms with E-state index in [4.69, 9.17) is 23.2 Å². The van der Waals surface area contributed by atoms with Gasteiger partial charge in [0.15, 0.2) is 0 Å². The fraction of sp³-hybridized carbons (Fsp3) is 0.333. The van der Waals surface area contributed by atoms with Gasteiger partial charge in [-0.05, 0) is 50.2 Å². The Balaban J connectivity index is 1.42. The Hall–Kier alpha value is -2.08. The Labute approximate surface area is 174 Å². The minimum Gasteiger partial charge on any atom is -0.323 e. The molecule has 2 amide bonds. The monoisotopic (exact) mass is 417 g/mol. The second kappa shape index (κ2) is 8.11. The number of hydrogen-bond donors (Lipinski definition) is 1. The summed E-state index contributed by atoms with van der Waals surface area (Å²) < 4.78 is 0. The zero-order valence-corrected chi connectivity index (χ0v) is 16.8. The van der Waals surface area contributed by atoms with Crippen LogP contribution in [0.3, 0.4) is 0 Å². The highest BCUT2D eigenvalue weighted by atomic mass is 35.5. The molecule has 0 spiro atoms. The van der Waals surface area contributed by atoms with E-state index in [9.17, 15) is 9.59 Å². The highest BCUT2D eigenvalue weighted by Crippen LogP contribution is 2.32. The maximum absolute atomic E-state index is 13.1. The number of anilines is 2. The number of fused-ring (bicyclic) bond motifs is 1. The van der Waals surface area contributed by atoms with Crippen molar-refractivity contribution in [3.8, 4) is 0 Å². The summed E-state index contributed by atoms with van der Waals surface area (Å²) in [6, 6.07) is 13.0. The molecule has 2 aromatic carbocycles. The molecule has 2 aromatic rings. The average Bonchev–Trinajstić information content (AvgIpc) is 2.70. The molecule has 4 rings (SSSR count). The maximum Gasteiger partial charge on any atom is 0.244 e. The number of halogens is 2. The Bertz CT molecular complexity index is 890. The largest absolute Gasteiger partial charge is 0.323 e. The number of nitrogens with zero attached hydrogens (tertiary/aromatic N) is 2. The van der Waals surface area contributed by atoms with Crippen LogP contribution in [0.25, 0.3) is 0 Å². The fourth-order valence-electron chi connectivity index (χ4n) is 3.90. The second-order valence-corrected chi connectivity index (χ2v) is 8.05. The molecule has 2 aliphatic rings. The molecule has 0 radical (unpaired) electrons. The Kier molecular flexibility index (Phi) is 5.58. The van der Waals surface area contributed by atoms with Gasteiger partial charge < -0.3 is 10.2 Å². The summed E-state index contributed by atoms with van der Waals surface area (Å²) >= 11 is 12.6. The number of hydrogen-bond acceptors (Lipinski definition) is 3. The van der Waals surface area contributed by atoms with E-state index in [1.165, 1.54) is 0 Å². The van der Waals surface area contributed by atoms with Gasteiger partial charge >= 0.3 is 0 Å². The Morgan fingerprint density at radius 2 is 1.71 bits per heavy atom. The molecule has 1 fully saturated rings. The van der Waals surface area contributed by atoms with Gasteiger partial charge in [0.2, 0.25) is 11.8 Å². The minimum absolute atomic E-state index is 0.0257. The van der Waals surface area contributed by atoms with Gasteiger partial charge in [-0.25, -0.2) is 0 Å². The quantitative estimate of drug-likeness (QED) is 0.814. The third kappa shape index (κ3) is 3.88. The molecule has 0 aromatic heterocycles. The zero-order valence-electron chi connectivity index (χ0n) is 15.3. The first-order chi connectivity index (χ1) is 13.5. The van der Waals surface area contributed by atoms with Crippen molar-refractivity contribution in [1.82, 2.24) is 4.90 Å². The van der Waals surface area contributed by atoms with Crippen LogP contribution in [0.5, 0.6) is 0 Å². The molecular formula is C21H21Cl2N3O2. The molecule has 2 aliphatic heterocycles. The van der Waals surface area contributed by atoms with Gasteiger partial charge in [-0.2, -0.15) is 0 Å². The highest BCUT2D eigenvalue weighted by Gasteiger charge is 2.33. The Morgan fingerprint density at radius 3 is 2.43 bits per heavy atom. The number of carbonyl (C=O) groups is 2. The smallest absolute Gasteiger partial charge is 0.244 e. The molecule has 0 saturated carbocycles. The van der Waals surface area contributed by atoms with E-state index < -0.39 is 0 Å². The third-order valence-corrected chi connectivity index (χ3v) is 6.13. The van der Waals surface area contributed by atoms with Crippen molar-refractivity contribution in [3.05, 3.63) is 58.1 Å². The lowest BCUT2D eigenvalue weighted by molar-refractivity contribution is -0.125. The number of likely N-dealkylation sites (tertiary alicyclic amines) is 1. The molecule has 2 heterocycles. The molecule has 0 bridgehead atoms. The number of nitrogens with one attached hydrogen (secondary N) is 1. The number of piperidine rings is 1. The molecule has 0 atom stereocenters. The van der Waals surface area contributed by atoms with E-state index in [-0.39, 0.29) is 24.3 Å². The molecule has 1 saturated heterocycles. The third-order valence-electron chi connectivity index (χ3n) is 5.42. The van der Waals surface area contributed by atoms with Gasteiger partial charge in [-0.3, -0.25) is 14.5 Å². The second-order valence-electron chi connectivity index (χ2n) is 7.24. The topological polar surface area (TPSA) is 52.7 Å². The lowest BCUT2D eigenvalue weighted by Crippen LogP contribution is -2.47. The van der Waals surface area contributed by atoms with Crippen molar-refractivity contribution >= 4 is 46.4 Å². The van der Waals surface area contributed by atoms with Crippen LogP contribution >= 0.6 is 23.2 Å². The number of benzene rings is 2. The molecule has 146 valence electrons. The number of rotatable bonds is 3. The minimum atomic E-state index is -0.155. The summed E-state index contributed by atoms with van der Waals surface area (Å²) in [4.78, 5) is 29.0. The summed E-state index contributed by atoms with van der Waals surface area (Å²) in [6.45, 7) is 2.33. The van der Waals surface area contributed by atoms with Gasteiger partial charge in [0.25, 0.3) is 0 Å². The van der Waals surface area contributed by atoms with Gasteiger partial charge in [-0.1, -0.05) is 41.4 Å². The normalized spacial score (nSPS) is 17.9. The molecule has 7 heteroatoms. The molecular weight excluding hydrogens is 397 g/mol. The molecule has 0 unspecified atom stereocenters. The zero-order chi connectivity index (χ0) is 19.7. The SMILES string of the molecule is O=C1CN(C(=O)C2CCN(Cc3c(Cl)cccc3Cl)CC2)c2ccccc2N1. The number of amides is 2. The lowest BCUT2D eigenvalue weighted by atomic mass is 9.94. The molecule has 5 nitrogen and oxygen atoms in total. The number of carbonyl (C=O) groups excluding carboxylic acids is 2. The van der Waals surface area contributed by atoms with Crippen LogP contribution in [0.15, 0.2) is 42.5 Å². The predicted molar refractivity (Wildman–Crippen MR) is 112 cm³/mol. The molecule has 0 aliphatic carbocycles. The van der Waals surface area contributed by atoms with E-state index >= 15 is 0 Å². The first-order valence-electron chi connectivity index (χ1n) is 9.38. The van der Waals surface area contributed by atoms with Crippen molar-refractivity contribution in [2.45, 2.75) is 19.4 Å². The summed E-state index contributed by atoms with van der Waals surface area (Å²) in [5.41, 5.74) is 2.40. The van der Waals surface area contributed by atoms with Crippen LogP contribution in [0.4, 0.5) is 11.4 Å². The van der Waals surface area contributed by atoms with Gasteiger partial charge in [0.1, 0.15) is 6.54 Å². The van der Waals surface area contributed by atoms with E-state index in [1.54, 1.807) is 4.90 Å². The fourth-order valence-corrected chi connectivity index (χ4v) is 4.41. The van der Waals surface area contributed by atoms with Gasteiger partial charge in [0.05, 0.1) is 11.4 Å². The van der Waals surface area contributed by atoms with E-state index in [2.05, 4.69) is 10.2 Å². The number of para-hydroxylation sites is 2. The van der Waals surface area contributed by atoms with Crippen LogP contribution in [0, 0.1) is 5.92 Å². The Morgan fingerprint density at radius 1 is 1.04 bits per heavy atom. The average molecular weight is 418 g/mol. The van der Waals surface area contributed by atoms with Crippen molar-refractivity contribution in [2.24, 2.45) is 5.92 Å². The summed E-state index contributed by atoms with van der Waals surface area (Å²) in [7, 11) is 0. The maximum atomic E-state index is 13.1. The first-order valence-corrected chi connectivity index (χ1v) is 10.1.